The lowest BCUT2D eigenvalue weighted by atomic mass is 10.0. The van der Waals surface area contributed by atoms with Crippen molar-refractivity contribution in [2.24, 2.45) is 0 Å². The summed E-state index contributed by atoms with van der Waals surface area (Å²) in [6.07, 6.45) is 3.34. The van der Waals surface area contributed by atoms with Crippen molar-refractivity contribution in [1.29, 1.82) is 0 Å². The number of carbonyl (C=O) groups is 1. The summed E-state index contributed by atoms with van der Waals surface area (Å²) < 4.78 is 15.8. The normalized spacial score (nSPS) is 10.1. The number of hydrogen-bond acceptors (Lipinski definition) is 4. The molecular weight excluding hydrogens is 263 g/mol. The number of methoxy groups -OCH3 is 3. The van der Waals surface area contributed by atoms with Gasteiger partial charge in [-0.3, -0.25) is 4.79 Å². The number of Topliss-reactive ketones (excluding diaryl/α,β-unsaturated/α-hetero) is 1. The van der Waals surface area contributed by atoms with Gasteiger partial charge in [-0.1, -0.05) is 0 Å². The first-order valence-corrected chi connectivity index (χ1v) is 7.03. The van der Waals surface area contributed by atoms with Gasteiger partial charge < -0.3 is 14.2 Å². The molecule has 19 heavy (non-hydrogen) atoms. The van der Waals surface area contributed by atoms with Crippen molar-refractivity contribution in [3.05, 3.63) is 17.7 Å². The Hall–Kier alpha value is -1.28. The number of ketones is 1. The molecule has 1 unspecified atom stereocenters. The molecule has 0 fully saturated rings. The van der Waals surface area contributed by atoms with Crippen LogP contribution in [-0.4, -0.2) is 33.3 Å². The van der Waals surface area contributed by atoms with E-state index < -0.39 is 0 Å². The van der Waals surface area contributed by atoms with Crippen LogP contribution in [0.1, 0.15) is 29.6 Å². The van der Waals surface area contributed by atoms with Crippen molar-refractivity contribution in [2.45, 2.75) is 19.3 Å². The summed E-state index contributed by atoms with van der Waals surface area (Å²) in [5.41, 5.74) is 0.466. The molecule has 0 saturated carbocycles. The molecule has 0 heterocycles. The maximum atomic E-state index is 12.3. The Kier molecular flexibility index (Phi) is 6.65. The van der Waals surface area contributed by atoms with Crippen molar-refractivity contribution >= 4 is 15.0 Å². The summed E-state index contributed by atoms with van der Waals surface area (Å²) in [6, 6.07) is 3.46. The molecule has 1 rings (SSSR count). The van der Waals surface area contributed by atoms with Crippen LogP contribution < -0.4 is 14.2 Å². The third-order valence-corrected chi connectivity index (χ3v) is 3.27. The largest absolute Gasteiger partial charge is 0.496 e. The van der Waals surface area contributed by atoms with E-state index in [1.807, 2.05) is 0 Å². The zero-order valence-corrected chi connectivity index (χ0v) is 12.8. The molecule has 1 atom stereocenters. The van der Waals surface area contributed by atoms with Crippen molar-refractivity contribution in [3.63, 3.8) is 0 Å². The van der Waals surface area contributed by atoms with E-state index >= 15 is 0 Å². The highest BCUT2D eigenvalue weighted by Crippen LogP contribution is 2.38. The van der Waals surface area contributed by atoms with Crippen molar-refractivity contribution in [1.82, 2.24) is 0 Å². The highest BCUT2D eigenvalue weighted by atomic mass is 31.0. The van der Waals surface area contributed by atoms with Gasteiger partial charge in [-0.25, -0.2) is 0 Å². The second kappa shape index (κ2) is 8.00. The maximum Gasteiger partial charge on any atom is 0.175 e. The SMILES string of the molecule is COc1ccc(OC)c(C(=O)CCCCP)c1OC. The zero-order valence-electron chi connectivity index (χ0n) is 11.7. The van der Waals surface area contributed by atoms with E-state index in [2.05, 4.69) is 9.24 Å². The fourth-order valence-corrected chi connectivity index (χ4v) is 2.19. The molecule has 106 valence electrons. The lowest BCUT2D eigenvalue weighted by Crippen LogP contribution is -2.06. The highest BCUT2D eigenvalue weighted by Gasteiger charge is 2.21. The summed E-state index contributed by atoms with van der Waals surface area (Å²) in [6.45, 7) is 0. The molecule has 0 aliphatic rings. The summed E-state index contributed by atoms with van der Waals surface area (Å²) in [4.78, 5) is 12.3. The van der Waals surface area contributed by atoms with Gasteiger partial charge in [-0.05, 0) is 31.1 Å². The number of carbonyl (C=O) groups excluding carboxylic acids is 1. The zero-order chi connectivity index (χ0) is 14.3. The average molecular weight is 284 g/mol. The Bertz CT molecular complexity index is 432. The van der Waals surface area contributed by atoms with Gasteiger partial charge in [0.25, 0.3) is 0 Å². The molecule has 1 aromatic carbocycles. The molecule has 0 aliphatic carbocycles. The number of hydrogen-bond donors (Lipinski definition) is 0. The van der Waals surface area contributed by atoms with Gasteiger partial charge in [-0.15, -0.1) is 9.24 Å². The Morgan fingerprint density at radius 1 is 1.05 bits per heavy atom. The van der Waals surface area contributed by atoms with Gasteiger partial charge in [0.15, 0.2) is 17.3 Å². The van der Waals surface area contributed by atoms with E-state index in [9.17, 15) is 4.79 Å². The third kappa shape index (κ3) is 3.84. The van der Waals surface area contributed by atoms with Crippen LogP contribution in [0.15, 0.2) is 12.1 Å². The van der Waals surface area contributed by atoms with Crippen LogP contribution in [-0.2, 0) is 0 Å². The quantitative estimate of drug-likeness (QED) is 0.418. The monoisotopic (exact) mass is 284 g/mol. The average Bonchev–Trinajstić information content (AvgIpc) is 2.45. The summed E-state index contributed by atoms with van der Waals surface area (Å²) in [5, 5.41) is 0. The second-order valence-corrected chi connectivity index (χ2v) is 4.62. The van der Waals surface area contributed by atoms with Crippen LogP contribution in [0.2, 0.25) is 0 Å². The van der Waals surface area contributed by atoms with E-state index in [0.717, 1.165) is 19.0 Å². The Balaban J connectivity index is 3.10. The predicted octanol–water partition coefficient (Wildman–Crippen LogP) is 2.94. The lowest BCUT2D eigenvalue weighted by Gasteiger charge is -2.15. The Morgan fingerprint density at radius 3 is 2.21 bits per heavy atom. The minimum atomic E-state index is 0.0195. The van der Waals surface area contributed by atoms with Gasteiger partial charge in [0.2, 0.25) is 0 Å². The Morgan fingerprint density at radius 2 is 1.68 bits per heavy atom. The number of unbranched alkanes of at least 4 members (excludes halogenated alkanes) is 1. The molecule has 0 aromatic heterocycles. The molecule has 1 aromatic rings. The van der Waals surface area contributed by atoms with E-state index in [1.54, 1.807) is 26.4 Å². The van der Waals surface area contributed by atoms with E-state index in [1.165, 1.54) is 7.11 Å². The summed E-state index contributed by atoms with van der Waals surface area (Å²) in [7, 11) is 7.28. The highest BCUT2D eigenvalue weighted by molar-refractivity contribution is 7.16. The number of ether oxygens (including phenoxy) is 3. The first-order chi connectivity index (χ1) is 9.19. The van der Waals surface area contributed by atoms with Crippen LogP contribution in [0.4, 0.5) is 0 Å². The number of benzene rings is 1. The van der Waals surface area contributed by atoms with E-state index in [0.29, 0.717) is 29.2 Å². The molecule has 0 saturated heterocycles. The third-order valence-electron chi connectivity index (χ3n) is 2.86. The first-order valence-electron chi connectivity index (χ1n) is 6.21. The first kappa shape index (κ1) is 15.8. The van der Waals surface area contributed by atoms with Gasteiger partial charge in [-0.2, -0.15) is 0 Å². The minimum absolute atomic E-state index is 0.0195. The lowest BCUT2D eigenvalue weighted by molar-refractivity contribution is 0.0973. The van der Waals surface area contributed by atoms with Gasteiger partial charge >= 0.3 is 0 Å². The molecule has 0 aliphatic heterocycles. The molecule has 0 spiro atoms. The van der Waals surface area contributed by atoms with Crippen LogP contribution in [0, 0.1) is 0 Å². The van der Waals surface area contributed by atoms with E-state index in [4.69, 9.17) is 14.2 Å². The molecule has 0 N–H and O–H groups in total. The second-order valence-electron chi connectivity index (χ2n) is 4.05. The van der Waals surface area contributed by atoms with Crippen LogP contribution in [0.3, 0.4) is 0 Å². The van der Waals surface area contributed by atoms with Crippen molar-refractivity contribution < 1.29 is 19.0 Å². The maximum absolute atomic E-state index is 12.3. The van der Waals surface area contributed by atoms with Gasteiger partial charge in [0.05, 0.1) is 21.3 Å². The molecule has 4 nitrogen and oxygen atoms in total. The van der Waals surface area contributed by atoms with Crippen molar-refractivity contribution in [3.8, 4) is 17.2 Å². The molecule has 5 heteroatoms. The standard InChI is InChI=1S/C14H21O4P/c1-16-11-7-8-12(17-2)14(18-3)13(11)10(15)6-4-5-9-19/h7-8H,4-6,9,19H2,1-3H3. The van der Waals surface area contributed by atoms with E-state index in [-0.39, 0.29) is 5.78 Å². The van der Waals surface area contributed by atoms with Crippen LogP contribution >= 0.6 is 9.24 Å². The summed E-state index contributed by atoms with van der Waals surface area (Å²) >= 11 is 0. The molecule has 0 radical (unpaired) electrons. The molecular formula is C14H21O4P. The predicted molar refractivity (Wildman–Crippen MR) is 78.9 cm³/mol. The van der Waals surface area contributed by atoms with Crippen molar-refractivity contribution in [2.75, 3.05) is 27.5 Å². The summed E-state index contributed by atoms with van der Waals surface area (Å²) in [5.74, 6) is 1.52. The molecule has 0 amide bonds. The Labute approximate surface area is 116 Å². The smallest absolute Gasteiger partial charge is 0.175 e. The van der Waals surface area contributed by atoms with Crippen LogP contribution in [0.25, 0.3) is 0 Å². The fraction of sp³-hybridized carbons (Fsp3) is 0.500. The fourth-order valence-electron chi connectivity index (χ4n) is 1.90. The van der Waals surface area contributed by atoms with Gasteiger partial charge in [0, 0.05) is 6.42 Å². The van der Waals surface area contributed by atoms with Crippen LogP contribution in [0.5, 0.6) is 17.2 Å². The number of rotatable bonds is 8. The minimum Gasteiger partial charge on any atom is -0.496 e. The van der Waals surface area contributed by atoms with Gasteiger partial charge in [0.1, 0.15) is 11.3 Å². The topological polar surface area (TPSA) is 44.8 Å². The molecule has 0 bridgehead atoms.